The number of hydrogen-bond donors (Lipinski definition) is 0. The van der Waals surface area contributed by atoms with Gasteiger partial charge in [0.05, 0.1) is 0 Å². The summed E-state index contributed by atoms with van der Waals surface area (Å²) in [6.07, 6.45) is 22.3. The molecule has 12 rings (SSSR count). The van der Waals surface area contributed by atoms with Gasteiger partial charge in [0.25, 0.3) is 0 Å². The molecule has 24 nitrogen and oxygen atoms in total. The second-order valence-corrected chi connectivity index (χ2v) is 21.5. The van der Waals surface area contributed by atoms with E-state index >= 15 is 0 Å². The van der Waals surface area contributed by atoms with Crippen molar-refractivity contribution in [2.45, 2.75) is 26.2 Å². The number of piperazine rings is 4. The molecule has 0 radical (unpaired) electrons. The number of hydrogen-bond acceptors (Lipinski definition) is 24. The van der Waals surface area contributed by atoms with Gasteiger partial charge in [-0.25, -0.2) is 57.2 Å². The summed E-state index contributed by atoms with van der Waals surface area (Å²) in [5.41, 5.74) is 5.34. The summed E-state index contributed by atoms with van der Waals surface area (Å²) in [4.78, 5) is 53.2. The zero-order chi connectivity index (χ0) is 60.7. The SMILES string of the molecule is [Cd+2].[O-][Cl+3]([O-])([O-])[O-].[O-][Cl+3]([O-])([O-])[O-].c1ccc(N2CCN(Cc3ccncc3)CC2)nc1.c1ccc(N2CCN(Cc3ccncc3)CC2)nc1.c1ccc(N2CCN(Cc3ccncc3)CC2)nc1.c1ccc(N2CCN(Cc3ccncc3)CC2)nc1. The van der Waals surface area contributed by atoms with Gasteiger partial charge in [0.2, 0.25) is 0 Å². The van der Waals surface area contributed by atoms with Crippen LogP contribution in [0.25, 0.3) is 0 Å². The summed E-state index contributed by atoms with van der Waals surface area (Å²) in [7, 11) is -9.89. The Balaban J connectivity index is 0.000000175. The number of rotatable bonds is 12. The molecule has 8 aromatic rings. The van der Waals surface area contributed by atoms with E-state index in [1.807, 2.05) is 123 Å². The molecular formula is C60H72CdCl2N16O8. The smallest absolute Gasteiger partial charge is 0.354 e. The molecule has 0 unspecified atom stereocenters. The predicted molar refractivity (Wildman–Crippen MR) is 304 cm³/mol. The van der Waals surface area contributed by atoms with Crippen LogP contribution in [-0.4, -0.2) is 164 Å². The van der Waals surface area contributed by atoms with Gasteiger partial charge in [-0.2, -0.15) is 0 Å². The van der Waals surface area contributed by atoms with Crippen LogP contribution < -0.4 is 56.9 Å². The number of pyridine rings is 8. The van der Waals surface area contributed by atoms with E-state index in [-0.39, 0.29) is 27.3 Å². The van der Waals surface area contributed by atoms with Gasteiger partial charge >= 0.3 is 27.3 Å². The van der Waals surface area contributed by atoms with Gasteiger partial charge in [-0.1, -0.05) is 24.3 Å². The van der Waals surface area contributed by atoms with Crippen molar-refractivity contribution < 1.29 is 85.1 Å². The van der Waals surface area contributed by atoms with Crippen molar-refractivity contribution in [1.29, 1.82) is 0 Å². The minimum Gasteiger partial charge on any atom is -0.354 e. The average Bonchev–Trinajstić information content (AvgIpc) is 3.71. The summed E-state index contributed by atoms with van der Waals surface area (Å²) < 4.78 is 67.9. The maximum Gasteiger partial charge on any atom is 2.00 e. The number of nitrogens with zero attached hydrogens (tertiary/aromatic N) is 16. The van der Waals surface area contributed by atoms with E-state index in [0.29, 0.717) is 0 Å². The molecule has 87 heavy (non-hydrogen) atoms. The summed E-state index contributed by atoms with van der Waals surface area (Å²) in [5.74, 6) is 4.36. The van der Waals surface area contributed by atoms with Crippen LogP contribution in [0, 0.1) is 20.5 Å². The molecule has 0 N–H and O–H groups in total. The topological polar surface area (TPSA) is 314 Å². The van der Waals surface area contributed by atoms with Gasteiger partial charge in [-0.3, -0.25) is 39.5 Å². The van der Waals surface area contributed by atoms with Gasteiger partial charge in [0.15, 0.2) is 0 Å². The molecule has 0 aliphatic carbocycles. The molecule has 12 heterocycles. The minimum atomic E-state index is -4.94. The van der Waals surface area contributed by atoms with Crippen molar-refractivity contribution >= 4 is 23.3 Å². The molecule has 456 valence electrons. The first-order valence-corrected chi connectivity index (χ1v) is 30.5. The maximum atomic E-state index is 8.49. The Morgan fingerprint density at radius 2 is 0.425 bits per heavy atom. The van der Waals surface area contributed by atoms with Crippen LogP contribution in [0.2, 0.25) is 0 Å². The van der Waals surface area contributed by atoms with Crippen LogP contribution in [-0.2, 0) is 53.5 Å². The van der Waals surface area contributed by atoms with Crippen molar-refractivity contribution in [3.8, 4) is 0 Å². The van der Waals surface area contributed by atoms with E-state index in [1.54, 1.807) is 0 Å². The maximum absolute atomic E-state index is 8.49. The molecule has 0 amide bonds. The Hall–Kier alpha value is -6.58. The Morgan fingerprint density at radius 1 is 0.253 bits per heavy atom. The van der Waals surface area contributed by atoms with Crippen molar-refractivity contribution in [2.24, 2.45) is 0 Å². The zero-order valence-corrected chi connectivity index (χ0v) is 54.0. The first kappa shape index (κ1) is 69.5. The summed E-state index contributed by atoms with van der Waals surface area (Å²) >= 11 is 0. The third-order valence-corrected chi connectivity index (χ3v) is 14.0. The minimum absolute atomic E-state index is 0. The Kier molecular flexibility index (Phi) is 30.3. The molecule has 0 saturated carbocycles. The molecule has 4 fully saturated rings. The van der Waals surface area contributed by atoms with E-state index in [0.717, 1.165) is 154 Å². The molecule has 0 aromatic carbocycles. The molecule has 27 heteroatoms. The molecule has 0 bridgehead atoms. The molecule has 4 aliphatic heterocycles. The molecule has 8 aromatic heterocycles. The van der Waals surface area contributed by atoms with Gasteiger partial charge < -0.3 is 19.6 Å². The third-order valence-electron chi connectivity index (χ3n) is 14.0. The van der Waals surface area contributed by atoms with Crippen LogP contribution in [0.5, 0.6) is 0 Å². The van der Waals surface area contributed by atoms with Crippen molar-refractivity contribution in [3.63, 3.8) is 0 Å². The van der Waals surface area contributed by atoms with E-state index in [2.05, 4.69) is 152 Å². The van der Waals surface area contributed by atoms with E-state index in [1.165, 1.54) is 22.3 Å². The van der Waals surface area contributed by atoms with Crippen LogP contribution in [0.4, 0.5) is 23.3 Å². The van der Waals surface area contributed by atoms with E-state index in [9.17, 15) is 0 Å². The van der Waals surface area contributed by atoms with Crippen LogP contribution in [0.3, 0.4) is 0 Å². The number of halogens is 2. The second kappa shape index (κ2) is 38.0. The standard InChI is InChI=1S/4C15H18N4.Cd.2ClHO4/c4*1-2-6-17-15(3-1)19-11-9-18(10-12-19)13-14-4-7-16-8-5-14;;2*2-1(3,4)5/h4*1-8H,9-13H2;;2*(H,2,3,4,5)/q;;;;+2;;/p-2. The third kappa shape index (κ3) is 28.4. The van der Waals surface area contributed by atoms with Crippen molar-refractivity contribution in [3.05, 3.63) is 218 Å². The molecular weight excluding hydrogens is 1260 g/mol. The fourth-order valence-corrected chi connectivity index (χ4v) is 9.69. The van der Waals surface area contributed by atoms with Crippen molar-refractivity contribution in [2.75, 3.05) is 124 Å². The van der Waals surface area contributed by atoms with E-state index in [4.69, 9.17) is 37.3 Å². The van der Waals surface area contributed by atoms with Gasteiger partial charge in [0, 0.05) is 205 Å². The Morgan fingerprint density at radius 3 is 0.575 bits per heavy atom. The number of anilines is 4. The molecule has 0 atom stereocenters. The largest absolute Gasteiger partial charge is 2.00 e. The van der Waals surface area contributed by atoms with Crippen LogP contribution in [0.15, 0.2) is 196 Å². The predicted octanol–water partition coefficient (Wildman–Crippen LogP) is -2.32. The molecule has 4 saturated heterocycles. The van der Waals surface area contributed by atoms with Gasteiger partial charge in [-0.15, -0.1) is 20.5 Å². The monoisotopic (exact) mass is 1330 g/mol. The van der Waals surface area contributed by atoms with Crippen LogP contribution in [0.1, 0.15) is 22.3 Å². The van der Waals surface area contributed by atoms with E-state index < -0.39 is 20.5 Å². The van der Waals surface area contributed by atoms with Crippen molar-refractivity contribution in [1.82, 2.24) is 59.5 Å². The first-order valence-electron chi connectivity index (χ1n) is 28.0. The Bertz CT molecular complexity index is 2590. The quantitative estimate of drug-likeness (QED) is 0.116. The van der Waals surface area contributed by atoms with Crippen LogP contribution >= 0.6 is 0 Å². The fourth-order valence-electron chi connectivity index (χ4n) is 9.69. The Labute approximate surface area is 533 Å². The summed E-state index contributed by atoms with van der Waals surface area (Å²) in [5, 5.41) is 0. The first-order chi connectivity index (χ1) is 41.7. The number of aromatic nitrogens is 8. The molecule has 4 aliphatic rings. The normalized spacial score (nSPS) is 15.8. The van der Waals surface area contributed by atoms with Gasteiger partial charge in [0.1, 0.15) is 23.3 Å². The fraction of sp³-hybridized carbons (Fsp3) is 0.333. The van der Waals surface area contributed by atoms with Gasteiger partial charge in [-0.05, 0) is 119 Å². The summed E-state index contributed by atoms with van der Waals surface area (Å²) in [6.45, 7) is 21.1. The molecule has 0 spiro atoms. The summed E-state index contributed by atoms with van der Waals surface area (Å²) in [6, 6.07) is 41.1. The zero-order valence-electron chi connectivity index (χ0n) is 48.5. The average molecular weight is 1330 g/mol. The second-order valence-electron chi connectivity index (χ2n) is 20.0.